The second-order valence-electron chi connectivity index (χ2n) is 5.46. The molecule has 104 valence electrons. The van der Waals surface area contributed by atoms with Crippen LogP contribution in [0.15, 0.2) is 4.52 Å². The summed E-state index contributed by atoms with van der Waals surface area (Å²) in [5, 5.41) is 7.10. The van der Waals surface area contributed by atoms with E-state index in [2.05, 4.69) is 48.1 Å². The number of anilines is 1. The smallest absolute Gasteiger partial charge is 0.321 e. The highest BCUT2D eigenvalue weighted by Gasteiger charge is 2.13. The minimum Gasteiger partial charge on any atom is -0.336 e. The van der Waals surface area contributed by atoms with Gasteiger partial charge in [-0.2, -0.15) is 4.98 Å². The number of hydrogen-bond donors (Lipinski definition) is 1. The van der Waals surface area contributed by atoms with Crippen molar-refractivity contribution in [1.82, 2.24) is 15.0 Å². The quantitative estimate of drug-likeness (QED) is 0.811. The van der Waals surface area contributed by atoms with Crippen molar-refractivity contribution in [3.05, 3.63) is 5.82 Å². The maximum Gasteiger partial charge on any atom is 0.321 e. The third kappa shape index (κ3) is 4.29. The third-order valence-electron chi connectivity index (χ3n) is 2.93. The van der Waals surface area contributed by atoms with Crippen LogP contribution in [0.1, 0.15) is 53.3 Å². The van der Waals surface area contributed by atoms with Crippen LogP contribution in [-0.2, 0) is 0 Å². The van der Waals surface area contributed by atoms with E-state index < -0.39 is 0 Å². The molecule has 0 aliphatic carbocycles. The summed E-state index contributed by atoms with van der Waals surface area (Å²) in [5.41, 5.74) is 0. The van der Waals surface area contributed by atoms with Gasteiger partial charge in [-0.05, 0) is 27.7 Å². The lowest BCUT2D eigenvalue weighted by molar-refractivity contribution is 0.182. The van der Waals surface area contributed by atoms with Gasteiger partial charge in [-0.15, -0.1) is 0 Å². The Bertz CT molecular complexity index is 339. The summed E-state index contributed by atoms with van der Waals surface area (Å²) in [5.74, 6) is 1.05. The average Bonchev–Trinajstić information content (AvgIpc) is 2.71. The molecule has 0 bridgehead atoms. The molecular weight excluding hydrogens is 228 g/mol. The van der Waals surface area contributed by atoms with E-state index >= 15 is 0 Å². The summed E-state index contributed by atoms with van der Waals surface area (Å²) >= 11 is 0. The molecule has 1 aromatic rings. The predicted octanol–water partition coefficient (Wildman–Crippen LogP) is 2.72. The van der Waals surface area contributed by atoms with E-state index in [-0.39, 0.29) is 0 Å². The van der Waals surface area contributed by atoms with Gasteiger partial charge in [0.25, 0.3) is 0 Å². The van der Waals surface area contributed by atoms with Gasteiger partial charge in [-0.1, -0.05) is 19.0 Å². The van der Waals surface area contributed by atoms with Crippen LogP contribution >= 0.6 is 0 Å². The van der Waals surface area contributed by atoms with E-state index in [4.69, 9.17) is 4.52 Å². The zero-order chi connectivity index (χ0) is 13.7. The van der Waals surface area contributed by atoms with Gasteiger partial charge in [0.2, 0.25) is 0 Å². The van der Waals surface area contributed by atoms with Crippen molar-refractivity contribution in [1.29, 1.82) is 0 Å². The van der Waals surface area contributed by atoms with Crippen LogP contribution in [0, 0.1) is 0 Å². The molecule has 1 N–H and O–H groups in total. The second kappa shape index (κ2) is 6.73. The maximum atomic E-state index is 5.14. The van der Waals surface area contributed by atoms with Crippen molar-refractivity contribution in [3.8, 4) is 0 Å². The lowest BCUT2D eigenvalue weighted by atomic mass is 10.2. The number of rotatable bonds is 7. The summed E-state index contributed by atoms with van der Waals surface area (Å²) in [6.45, 7) is 14.7. The number of hydrogen-bond acceptors (Lipinski definition) is 5. The van der Waals surface area contributed by atoms with Crippen LogP contribution in [0.5, 0.6) is 0 Å². The molecule has 0 radical (unpaired) electrons. The topological polar surface area (TPSA) is 54.2 Å². The van der Waals surface area contributed by atoms with Gasteiger partial charge in [-0.3, -0.25) is 4.90 Å². The Hall–Kier alpha value is -1.10. The fraction of sp³-hybridized carbons (Fsp3) is 0.846. The lowest BCUT2D eigenvalue weighted by Crippen LogP contribution is -2.40. The molecule has 0 fully saturated rings. The molecule has 1 aromatic heterocycles. The predicted molar refractivity (Wildman–Crippen MR) is 73.9 cm³/mol. The lowest BCUT2D eigenvalue weighted by Gasteiger charge is -2.30. The van der Waals surface area contributed by atoms with Gasteiger partial charge < -0.3 is 9.84 Å². The molecule has 0 aromatic carbocycles. The van der Waals surface area contributed by atoms with Crippen LogP contribution in [0.3, 0.4) is 0 Å². The summed E-state index contributed by atoms with van der Waals surface area (Å²) in [4.78, 5) is 6.71. The maximum absolute atomic E-state index is 5.14. The molecule has 1 heterocycles. The molecule has 0 saturated heterocycles. The molecule has 5 heteroatoms. The zero-order valence-corrected chi connectivity index (χ0v) is 12.4. The van der Waals surface area contributed by atoms with E-state index in [1.54, 1.807) is 0 Å². The molecule has 18 heavy (non-hydrogen) atoms. The van der Waals surface area contributed by atoms with Crippen molar-refractivity contribution in [3.63, 3.8) is 0 Å². The molecule has 0 amide bonds. The molecule has 5 nitrogen and oxygen atoms in total. The van der Waals surface area contributed by atoms with Crippen molar-refractivity contribution in [2.45, 2.75) is 59.5 Å². The number of nitrogens with one attached hydrogen (secondary N) is 1. The number of aromatic nitrogens is 2. The Labute approximate surface area is 110 Å². The van der Waals surface area contributed by atoms with Gasteiger partial charge in [0, 0.05) is 31.1 Å². The highest BCUT2D eigenvalue weighted by Crippen LogP contribution is 2.12. The fourth-order valence-electron chi connectivity index (χ4n) is 1.95. The Morgan fingerprint density at radius 1 is 1.11 bits per heavy atom. The fourth-order valence-corrected chi connectivity index (χ4v) is 1.95. The Morgan fingerprint density at radius 3 is 2.17 bits per heavy atom. The normalized spacial score (nSPS) is 12.1. The summed E-state index contributed by atoms with van der Waals surface area (Å²) < 4.78 is 5.14. The largest absolute Gasteiger partial charge is 0.336 e. The molecule has 0 saturated carbocycles. The summed E-state index contributed by atoms with van der Waals surface area (Å²) in [7, 11) is 0. The highest BCUT2D eigenvalue weighted by atomic mass is 16.5. The van der Waals surface area contributed by atoms with E-state index in [1.165, 1.54) is 0 Å². The third-order valence-corrected chi connectivity index (χ3v) is 2.93. The molecule has 0 aliphatic rings. The first kappa shape index (κ1) is 15.0. The monoisotopic (exact) mass is 254 g/mol. The average molecular weight is 254 g/mol. The summed E-state index contributed by atoms with van der Waals surface area (Å²) in [6, 6.07) is 1.60. The molecule has 0 unspecified atom stereocenters. The minimum absolute atomic E-state index is 0.298. The van der Waals surface area contributed by atoms with E-state index in [1.807, 2.05) is 13.8 Å². The van der Waals surface area contributed by atoms with Crippen molar-refractivity contribution in [2.24, 2.45) is 0 Å². The molecule has 0 aliphatic heterocycles. The van der Waals surface area contributed by atoms with Gasteiger partial charge >= 0.3 is 6.01 Å². The first-order valence-corrected chi connectivity index (χ1v) is 6.75. The highest BCUT2D eigenvalue weighted by molar-refractivity contribution is 5.18. The van der Waals surface area contributed by atoms with Crippen molar-refractivity contribution in [2.75, 3.05) is 18.4 Å². The van der Waals surface area contributed by atoms with Crippen LogP contribution in [0.4, 0.5) is 6.01 Å². The zero-order valence-electron chi connectivity index (χ0n) is 12.4. The first-order chi connectivity index (χ1) is 8.41. The number of nitrogens with zero attached hydrogens (tertiary/aromatic N) is 3. The minimum atomic E-state index is 0.298. The Balaban J connectivity index is 2.40. The van der Waals surface area contributed by atoms with Crippen LogP contribution in [0.2, 0.25) is 0 Å². The molecule has 0 spiro atoms. The standard InChI is InChI=1S/C13H26N4O/c1-9(2)12-15-13(18-16-12)14-7-8-17(10(3)4)11(5)6/h9-11H,7-8H2,1-6H3,(H,14,15,16). The second-order valence-corrected chi connectivity index (χ2v) is 5.46. The van der Waals surface area contributed by atoms with Gasteiger partial charge in [0.05, 0.1) is 0 Å². The van der Waals surface area contributed by atoms with E-state index in [9.17, 15) is 0 Å². The van der Waals surface area contributed by atoms with Crippen molar-refractivity contribution >= 4 is 6.01 Å². The van der Waals surface area contributed by atoms with E-state index in [0.717, 1.165) is 18.9 Å². The van der Waals surface area contributed by atoms with Gasteiger partial charge in [-0.25, -0.2) is 0 Å². The van der Waals surface area contributed by atoms with Gasteiger partial charge in [0.1, 0.15) is 0 Å². The van der Waals surface area contributed by atoms with Crippen molar-refractivity contribution < 1.29 is 4.52 Å². The van der Waals surface area contributed by atoms with Crippen LogP contribution < -0.4 is 5.32 Å². The van der Waals surface area contributed by atoms with Gasteiger partial charge in [0.15, 0.2) is 5.82 Å². The van der Waals surface area contributed by atoms with E-state index in [0.29, 0.717) is 24.0 Å². The first-order valence-electron chi connectivity index (χ1n) is 6.75. The van der Waals surface area contributed by atoms with Crippen LogP contribution in [0.25, 0.3) is 0 Å². The molecule has 1 rings (SSSR count). The van der Waals surface area contributed by atoms with Crippen LogP contribution in [-0.4, -0.2) is 40.2 Å². The Kier molecular flexibility index (Phi) is 5.59. The SMILES string of the molecule is CC(C)c1noc(NCCN(C(C)C)C(C)C)n1. The summed E-state index contributed by atoms with van der Waals surface area (Å²) in [6.07, 6.45) is 0. The Morgan fingerprint density at radius 2 is 1.72 bits per heavy atom. The molecule has 0 atom stereocenters. The molecular formula is C13H26N4O.